The lowest BCUT2D eigenvalue weighted by Gasteiger charge is -2.29. The summed E-state index contributed by atoms with van der Waals surface area (Å²) in [4.78, 5) is 13.2. The lowest BCUT2D eigenvalue weighted by atomic mass is 10.1. The minimum Gasteiger partial charge on any atom is -0.503 e. The summed E-state index contributed by atoms with van der Waals surface area (Å²) in [5, 5.41) is 9.28. The molecule has 0 bridgehead atoms. The first-order chi connectivity index (χ1) is 6.11. The lowest BCUT2D eigenvalue weighted by Crippen LogP contribution is -2.41. The van der Waals surface area contributed by atoms with E-state index in [4.69, 9.17) is 0 Å². The van der Waals surface area contributed by atoms with Crippen LogP contribution in [0.5, 0.6) is 0 Å². The van der Waals surface area contributed by atoms with Gasteiger partial charge in [-0.2, -0.15) is 0 Å². The van der Waals surface area contributed by atoms with Gasteiger partial charge in [0, 0.05) is 6.04 Å². The Morgan fingerprint density at radius 2 is 2.23 bits per heavy atom. The maximum atomic E-state index is 11.5. The molecule has 1 aliphatic rings. The van der Waals surface area contributed by atoms with Crippen molar-refractivity contribution in [2.75, 3.05) is 0 Å². The molecule has 74 valence electrons. The van der Waals surface area contributed by atoms with E-state index < -0.39 is 0 Å². The van der Waals surface area contributed by atoms with Crippen LogP contribution in [0.15, 0.2) is 11.8 Å². The molecule has 3 nitrogen and oxygen atoms in total. The van der Waals surface area contributed by atoms with Gasteiger partial charge < -0.3 is 10.0 Å². The minimum absolute atomic E-state index is 0.0856. The van der Waals surface area contributed by atoms with E-state index in [1.165, 1.54) is 0 Å². The summed E-state index contributed by atoms with van der Waals surface area (Å²) in [6.45, 7) is 6.06. The van der Waals surface area contributed by atoms with Crippen LogP contribution in [0.4, 0.5) is 0 Å². The van der Waals surface area contributed by atoms with Crippen molar-refractivity contribution in [2.24, 2.45) is 0 Å². The van der Waals surface area contributed by atoms with E-state index >= 15 is 0 Å². The number of carbonyl (C=O) groups excluding carboxylic acids is 1. The molecule has 0 fully saturated rings. The normalized spacial score (nSPS) is 24.8. The molecule has 2 atom stereocenters. The summed E-state index contributed by atoms with van der Waals surface area (Å²) in [6, 6.07) is 0.292. The van der Waals surface area contributed by atoms with Gasteiger partial charge >= 0.3 is 0 Å². The van der Waals surface area contributed by atoms with Crippen molar-refractivity contribution in [2.45, 2.75) is 45.7 Å². The molecule has 0 radical (unpaired) electrons. The third-order valence-electron chi connectivity index (χ3n) is 2.65. The number of aliphatic hydroxyl groups is 1. The average molecular weight is 183 g/mol. The smallest absolute Gasteiger partial charge is 0.289 e. The fourth-order valence-electron chi connectivity index (χ4n) is 1.65. The second-order valence-corrected chi connectivity index (χ2v) is 3.50. The van der Waals surface area contributed by atoms with Crippen LogP contribution in [-0.4, -0.2) is 28.0 Å². The number of nitrogens with zero attached hydrogens (tertiary/aromatic N) is 1. The van der Waals surface area contributed by atoms with Crippen molar-refractivity contribution in [1.29, 1.82) is 0 Å². The molecule has 1 aliphatic heterocycles. The first kappa shape index (κ1) is 10.1. The van der Waals surface area contributed by atoms with Gasteiger partial charge in [0.1, 0.15) is 0 Å². The summed E-state index contributed by atoms with van der Waals surface area (Å²) in [5.74, 6) is -0.312. The molecule has 0 aromatic rings. The predicted octanol–water partition coefficient (Wildman–Crippen LogP) is 1.85. The van der Waals surface area contributed by atoms with Crippen LogP contribution in [0.3, 0.4) is 0 Å². The minimum atomic E-state index is -0.221. The summed E-state index contributed by atoms with van der Waals surface area (Å²) >= 11 is 0. The largest absolute Gasteiger partial charge is 0.503 e. The SMILES string of the molecule is CCC1C=C(O)C(=O)N1[C@@H](C)CC. The molecule has 0 aliphatic carbocycles. The standard InChI is InChI=1S/C10H17NO2/c1-4-7(3)11-8(5-2)6-9(12)10(11)13/h6-8,12H,4-5H2,1-3H3/t7-,8?/m0/s1. The molecular formula is C10H17NO2. The summed E-state index contributed by atoms with van der Waals surface area (Å²) in [6.07, 6.45) is 3.43. The van der Waals surface area contributed by atoms with Crippen molar-refractivity contribution >= 4 is 5.91 Å². The fourth-order valence-corrected chi connectivity index (χ4v) is 1.65. The summed E-state index contributed by atoms with van der Waals surface area (Å²) in [7, 11) is 0. The zero-order chi connectivity index (χ0) is 10.0. The number of rotatable bonds is 3. The highest BCUT2D eigenvalue weighted by molar-refractivity contribution is 5.94. The highest BCUT2D eigenvalue weighted by Gasteiger charge is 2.33. The van der Waals surface area contributed by atoms with E-state index in [9.17, 15) is 9.90 Å². The second-order valence-electron chi connectivity index (χ2n) is 3.50. The van der Waals surface area contributed by atoms with Crippen molar-refractivity contribution in [3.63, 3.8) is 0 Å². The van der Waals surface area contributed by atoms with Gasteiger partial charge in [0.25, 0.3) is 5.91 Å². The first-order valence-corrected chi connectivity index (χ1v) is 4.85. The van der Waals surface area contributed by atoms with Crippen LogP contribution < -0.4 is 0 Å². The zero-order valence-corrected chi connectivity index (χ0v) is 8.45. The Morgan fingerprint density at radius 1 is 1.62 bits per heavy atom. The molecule has 0 aromatic carbocycles. The third kappa shape index (κ3) is 1.69. The fraction of sp³-hybridized carbons (Fsp3) is 0.700. The van der Waals surface area contributed by atoms with Gasteiger partial charge in [-0.15, -0.1) is 0 Å². The topological polar surface area (TPSA) is 40.5 Å². The van der Waals surface area contributed by atoms with Crippen molar-refractivity contribution in [3.05, 3.63) is 11.8 Å². The molecule has 1 amide bonds. The van der Waals surface area contributed by atoms with Gasteiger partial charge in [-0.25, -0.2) is 0 Å². The Bertz CT molecular complexity index is 235. The predicted molar refractivity (Wildman–Crippen MR) is 51.4 cm³/mol. The van der Waals surface area contributed by atoms with Gasteiger partial charge in [0.2, 0.25) is 0 Å². The van der Waals surface area contributed by atoms with E-state index in [0.29, 0.717) is 0 Å². The van der Waals surface area contributed by atoms with E-state index in [0.717, 1.165) is 12.8 Å². The van der Waals surface area contributed by atoms with Crippen LogP contribution in [-0.2, 0) is 4.79 Å². The molecule has 13 heavy (non-hydrogen) atoms. The van der Waals surface area contributed by atoms with Crippen LogP contribution in [0.25, 0.3) is 0 Å². The molecule has 1 unspecified atom stereocenters. The van der Waals surface area contributed by atoms with Crippen LogP contribution in [0, 0.1) is 0 Å². The number of aliphatic hydroxyl groups excluding tert-OH is 1. The number of amides is 1. The lowest BCUT2D eigenvalue weighted by molar-refractivity contribution is -0.131. The van der Waals surface area contributed by atoms with Crippen molar-refractivity contribution in [3.8, 4) is 0 Å². The Labute approximate surface area is 79.0 Å². The molecule has 0 aromatic heterocycles. The van der Waals surface area contributed by atoms with Gasteiger partial charge in [0.05, 0.1) is 6.04 Å². The highest BCUT2D eigenvalue weighted by Crippen LogP contribution is 2.22. The summed E-state index contributed by atoms with van der Waals surface area (Å²) < 4.78 is 0. The van der Waals surface area contributed by atoms with E-state index in [-0.39, 0.29) is 23.8 Å². The van der Waals surface area contributed by atoms with E-state index in [1.54, 1.807) is 11.0 Å². The molecule has 1 N–H and O–H groups in total. The second kappa shape index (κ2) is 3.81. The van der Waals surface area contributed by atoms with Gasteiger partial charge in [-0.05, 0) is 25.8 Å². The average Bonchev–Trinajstić information content (AvgIpc) is 2.42. The Kier molecular flexibility index (Phi) is 2.96. The van der Waals surface area contributed by atoms with Crippen LogP contribution in [0.1, 0.15) is 33.6 Å². The Morgan fingerprint density at radius 3 is 2.69 bits per heavy atom. The first-order valence-electron chi connectivity index (χ1n) is 4.85. The van der Waals surface area contributed by atoms with Gasteiger partial charge in [-0.3, -0.25) is 4.79 Å². The quantitative estimate of drug-likeness (QED) is 0.725. The van der Waals surface area contributed by atoms with Crippen molar-refractivity contribution < 1.29 is 9.90 Å². The Balaban J connectivity index is 2.80. The molecule has 0 saturated carbocycles. The monoisotopic (exact) mass is 183 g/mol. The van der Waals surface area contributed by atoms with Crippen LogP contribution >= 0.6 is 0 Å². The van der Waals surface area contributed by atoms with E-state index in [2.05, 4.69) is 0 Å². The Hall–Kier alpha value is -0.990. The molecule has 1 heterocycles. The van der Waals surface area contributed by atoms with E-state index in [1.807, 2.05) is 20.8 Å². The molecular weight excluding hydrogens is 166 g/mol. The van der Waals surface area contributed by atoms with Gasteiger partial charge in [-0.1, -0.05) is 13.8 Å². The van der Waals surface area contributed by atoms with Crippen LogP contribution in [0.2, 0.25) is 0 Å². The van der Waals surface area contributed by atoms with Crippen molar-refractivity contribution in [1.82, 2.24) is 4.90 Å². The third-order valence-corrected chi connectivity index (χ3v) is 2.65. The van der Waals surface area contributed by atoms with Gasteiger partial charge in [0.15, 0.2) is 5.76 Å². The maximum Gasteiger partial charge on any atom is 0.289 e. The molecule has 1 rings (SSSR count). The maximum absolute atomic E-state index is 11.5. The molecule has 3 heteroatoms. The summed E-state index contributed by atoms with van der Waals surface area (Å²) in [5.41, 5.74) is 0. The highest BCUT2D eigenvalue weighted by atomic mass is 16.3. The molecule has 0 spiro atoms. The number of carbonyl (C=O) groups is 1. The zero-order valence-electron chi connectivity index (χ0n) is 8.45. The number of hydrogen-bond donors (Lipinski definition) is 1. The number of hydrogen-bond acceptors (Lipinski definition) is 2. The molecule has 0 saturated heterocycles.